The Hall–Kier alpha value is -3.48. The van der Waals surface area contributed by atoms with Gasteiger partial charge < -0.3 is 5.32 Å². The fourth-order valence-electron chi connectivity index (χ4n) is 2.77. The standard InChI is InChI=1S/C17H12N4O3/c22-17-11(10-18-12-5-7-13(8-6-12)21(23)24)9-16-19-14-3-1-2-4-15(14)20(16)17/h1-8,10,18H,9H2/b11-10+. The first-order valence-electron chi connectivity index (χ1n) is 7.34. The van der Waals surface area contributed by atoms with Gasteiger partial charge in [-0.1, -0.05) is 12.1 Å². The van der Waals surface area contributed by atoms with E-state index in [1.54, 1.807) is 22.9 Å². The molecule has 0 atom stereocenters. The maximum atomic E-state index is 12.6. The van der Waals surface area contributed by atoms with Gasteiger partial charge in [0.2, 0.25) is 0 Å². The number of fused-ring (bicyclic) bond motifs is 3. The van der Waals surface area contributed by atoms with Gasteiger partial charge in [-0.3, -0.25) is 19.5 Å². The Bertz CT molecular complexity index is 1000. The number of carbonyl (C=O) groups excluding carboxylic acids is 1. The van der Waals surface area contributed by atoms with Gasteiger partial charge in [-0.2, -0.15) is 0 Å². The number of aromatic nitrogens is 2. The summed E-state index contributed by atoms with van der Waals surface area (Å²) in [6.45, 7) is 0. The summed E-state index contributed by atoms with van der Waals surface area (Å²) < 4.78 is 1.62. The number of benzene rings is 2. The molecule has 1 N–H and O–H groups in total. The van der Waals surface area contributed by atoms with Crippen LogP contribution in [0.1, 0.15) is 10.6 Å². The smallest absolute Gasteiger partial charge is 0.269 e. The summed E-state index contributed by atoms with van der Waals surface area (Å²) in [6.07, 6.45) is 2.08. The highest BCUT2D eigenvalue weighted by Gasteiger charge is 2.28. The van der Waals surface area contributed by atoms with Crippen molar-refractivity contribution >= 4 is 28.3 Å². The Morgan fingerprint density at radius 3 is 2.67 bits per heavy atom. The van der Waals surface area contributed by atoms with Crippen LogP contribution >= 0.6 is 0 Å². The minimum Gasteiger partial charge on any atom is -0.361 e. The lowest BCUT2D eigenvalue weighted by Gasteiger charge is -2.02. The summed E-state index contributed by atoms with van der Waals surface area (Å²) in [5, 5.41) is 13.7. The maximum absolute atomic E-state index is 12.6. The number of nitro groups is 1. The summed E-state index contributed by atoms with van der Waals surface area (Å²) in [5.74, 6) is 0.617. The maximum Gasteiger partial charge on any atom is 0.269 e. The van der Waals surface area contributed by atoms with E-state index in [1.807, 2.05) is 24.3 Å². The zero-order valence-corrected chi connectivity index (χ0v) is 12.5. The van der Waals surface area contributed by atoms with Crippen molar-refractivity contribution in [3.63, 3.8) is 0 Å². The summed E-state index contributed by atoms with van der Waals surface area (Å²) >= 11 is 0. The van der Waals surface area contributed by atoms with Crippen molar-refractivity contribution in [2.75, 3.05) is 5.32 Å². The fraction of sp³-hybridized carbons (Fsp3) is 0.0588. The number of nitrogens with zero attached hydrogens (tertiary/aromatic N) is 3. The van der Waals surface area contributed by atoms with Crippen molar-refractivity contribution in [3.05, 3.63) is 76.2 Å². The fourth-order valence-corrected chi connectivity index (χ4v) is 2.77. The molecule has 1 aliphatic heterocycles. The summed E-state index contributed by atoms with van der Waals surface area (Å²) in [5.41, 5.74) is 2.91. The summed E-state index contributed by atoms with van der Waals surface area (Å²) in [6, 6.07) is 13.5. The molecule has 2 heterocycles. The Morgan fingerprint density at radius 2 is 1.92 bits per heavy atom. The van der Waals surface area contributed by atoms with E-state index in [4.69, 9.17) is 0 Å². The molecule has 1 aromatic heterocycles. The number of para-hydroxylation sites is 2. The zero-order valence-electron chi connectivity index (χ0n) is 12.5. The van der Waals surface area contributed by atoms with Crippen LogP contribution in [0.25, 0.3) is 11.0 Å². The van der Waals surface area contributed by atoms with Gasteiger partial charge in [-0.25, -0.2) is 4.98 Å². The second kappa shape index (κ2) is 5.31. The Kier molecular flexibility index (Phi) is 3.13. The molecule has 0 aliphatic carbocycles. The lowest BCUT2D eigenvalue weighted by molar-refractivity contribution is -0.384. The zero-order chi connectivity index (χ0) is 16.7. The van der Waals surface area contributed by atoms with E-state index in [1.165, 1.54) is 12.1 Å². The number of hydrogen-bond donors (Lipinski definition) is 1. The summed E-state index contributed by atoms with van der Waals surface area (Å²) in [4.78, 5) is 27.2. The van der Waals surface area contributed by atoms with Crippen LogP contribution in [-0.2, 0) is 6.42 Å². The molecule has 0 bridgehead atoms. The van der Waals surface area contributed by atoms with E-state index >= 15 is 0 Å². The van der Waals surface area contributed by atoms with Crippen molar-refractivity contribution in [2.24, 2.45) is 0 Å². The predicted octanol–water partition coefficient (Wildman–Crippen LogP) is 3.14. The molecule has 24 heavy (non-hydrogen) atoms. The lowest BCUT2D eigenvalue weighted by Crippen LogP contribution is -2.07. The third-order valence-electron chi connectivity index (χ3n) is 3.95. The van der Waals surface area contributed by atoms with Gasteiger partial charge in [0, 0.05) is 36.0 Å². The molecule has 0 saturated heterocycles. The molecule has 0 fully saturated rings. The van der Waals surface area contributed by atoms with Crippen LogP contribution in [0.2, 0.25) is 0 Å². The van der Waals surface area contributed by atoms with Crippen molar-refractivity contribution in [2.45, 2.75) is 6.42 Å². The lowest BCUT2D eigenvalue weighted by atomic mass is 10.2. The van der Waals surface area contributed by atoms with Gasteiger partial charge >= 0.3 is 0 Å². The van der Waals surface area contributed by atoms with Gasteiger partial charge in [0.1, 0.15) is 5.82 Å². The SMILES string of the molecule is O=C1/C(=C/Nc2ccc([N+](=O)[O-])cc2)Cc2nc3ccccc3n21. The van der Waals surface area contributed by atoms with Crippen LogP contribution in [0.3, 0.4) is 0 Å². The second-order valence-corrected chi connectivity index (χ2v) is 5.45. The molecule has 4 rings (SSSR count). The van der Waals surface area contributed by atoms with E-state index in [-0.39, 0.29) is 11.6 Å². The number of non-ortho nitro benzene ring substituents is 1. The number of hydrogen-bond acceptors (Lipinski definition) is 5. The first-order chi connectivity index (χ1) is 11.6. The topological polar surface area (TPSA) is 90.1 Å². The number of nitro benzene ring substituents is 1. The molecule has 0 saturated carbocycles. The van der Waals surface area contributed by atoms with Crippen LogP contribution in [0, 0.1) is 10.1 Å². The highest BCUT2D eigenvalue weighted by atomic mass is 16.6. The van der Waals surface area contributed by atoms with Crippen LogP contribution in [0.15, 0.2) is 60.3 Å². The molecule has 2 aromatic carbocycles. The monoisotopic (exact) mass is 320 g/mol. The number of anilines is 1. The average Bonchev–Trinajstić information content (AvgIpc) is 3.10. The number of nitrogens with one attached hydrogen (secondary N) is 1. The number of imidazole rings is 1. The molecule has 7 nitrogen and oxygen atoms in total. The van der Waals surface area contributed by atoms with E-state index in [2.05, 4.69) is 10.3 Å². The van der Waals surface area contributed by atoms with E-state index < -0.39 is 4.92 Å². The third-order valence-corrected chi connectivity index (χ3v) is 3.95. The molecule has 0 spiro atoms. The Labute approximate surface area is 136 Å². The van der Waals surface area contributed by atoms with E-state index in [0.717, 1.165) is 16.9 Å². The molecule has 0 unspecified atom stereocenters. The van der Waals surface area contributed by atoms with Crippen LogP contribution in [0.4, 0.5) is 11.4 Å². The molecular weight excluding hydrogens is 308 g/mol. The quantitative estimate of drug-likeness (QED) is 0.455. The summed E-state index contributed by atoms with van der Waals surface area (Å²) in [7, 11) is 0. The predicted molar refractivity (Wildman–Crippen MR) is 88.9 cm³/mol. The van der Waals surface area contributed by atoms with Crippen molar-refractivity contribution in [1.82, 2.24) is 9.55 Å². The van der Waals surface area contributed by atoms with Gasteiger partial charge in [0.25, 0.3) is 11.6 Å². The molecule has 1 aliphatic rings. The van der Waals surface area contributed by atoms with Crippen molar-refractivity contribution < 1.29 is 9.72 Å². The average molecular weight is 320 g/mol. The Morgan fingerprint density at radius 1 is 1.17 bits per heavy atom. The van der Waals surface area contributed by atoms with Gasteiger partial charge in [-0.15, -0.1) is 0 Å². The number of carbonyl (C=O) groups is 1. The molecule has 0 amide bonds. The molecule has 0 radical (unpaired) electrons. The largest absolute Gasteiger partial charge is 0.361 e. The van der Waals surface area contributed by atoms with Gasteiger partial charge in [-0.05, 0) is 24.3 Å². The van der Waals surface area contributed by atoms with Crippen LogP contribution < -0.4 is 5.32 Å². The van der Waals surface area contributed by atoms with E-state index in [9.17, 15) is 14.9 Å². The highest BCUT2D eigenvalue weighted by molar-refractivity contribution is 6.04. The number of allylic oxidation sites excluding steroid dienone is 1. The second-order valence-electron chi connectivity index (χ2n) is 5.45. The van der Waals surface area contributed by atoms with Gasteiger partial charge in [0.05, 0.1) is 16.0 Å². The van der Waals surface area contributed by atoms with E-state index in [0.29, 0.717) is 17.7 Å². The van der Waals surface area contributed by atoms with Crippen LogP contribution in [0.5, 0.6) is 0 Å². The number of rotatable bonds is 3. The minimum absolute atomic E-state index is 0.0248. The minimum atomic E-state index is -0.452. The van der Waals surface area contributed by atoms with Crippen LogP contribution in [-0.4, -0.2) is 20.4 Å². The van der Waals surface area contributed by atoms with Gasteiger partial charge in [0.15, 0.2) is 0 Å². The molecule has 3 aromatic rings. The van der Waals surface area contributed by atoms with Crippen molar-refractivity contribution in [1.29, 1.82) is 0 Å². The Balaban J connectivity index is 1.58. The first-order valence-corrected chi connectivity index (χ1v) is 7.34. The normalized spacial score (nSPS) is 15.0. The first kappa shape index (κ1) is 14.1. The van der Waals surface area contributed by atoms with Crippen molar-refractivity contribution in [3.8, 4) is 0 Å². The highest BCUT2D eigenvalue weighted by Crippen LogP contribution is 2.26. The molecule has 118 valence electrons. The molecule has 7 heteroatoms. The third kappa shape index (κ3) is 2.23. The molecular formula is C17H12N4O3.